The predicted molar refractivity (Wildman–Crippen MR) is 93.8 cm³/mol. The Labute approximate surface area is 133 Å². The van der Waals surface area contributed by atoms with Crippen molar-refractivity contribution in [2.75, 3.05) is 17.2 Å². The molecule has 1 heterocycles. The lowest BCUT2D eigenvalue weighted by atomic mass is 10.1. The van der Waals surface area contributed by atoms with Crippen LogP contribution >= 0.6 is 0 Å². The number of hydrogen-bond donors (Lipinski definition) is 2. The Kier molecular flexibility index (Phi) is 5.75. The summed E-state index contributed by atoms with van der Waals surface area (Å²) in [5.74, 6) is 2.19. The highest BCUT2D eigenvalue weighted by atomic mass is 15.1. The molecule has 0 atom stereocenters. The zero-order valence-corrected chi connectivity index (χ0v) is 14.0. The average molecular weight is 298 g/mol. The Hall–Kier alpha value is -2.10. The van der Waals surface area contributed by atoms with Gasteiger partial charge in [0.1, 0.15) is 5.82 Å². The summed E-state index contributed by atoms with van der Waals surface area (Å²) in [6, 6.07) is 8.24. The van der Waals surface area contributed by atoms with E-state index in [-0.39, 0.29) is 0 Å². The number of hydrogen-bond acceptors (Lipinski definition) is 4. The summed E-state index contributed by atoms with van der Waals surface area (Å²) in [5.41, 5.74) is 3.60. The van der Waals surface area contributed by atoms with Crippen LogP contribution in [0.25, 0.3) is 0 Å². The van der Waals surface area contributed by atoms with Crippen LogP contribution in [0.3, 0.4) is 0 Å². The van der Waals surface area contributed by atoms with E-state index in [9.17, 15) is 0 Å². The molecule has 0 fully saturated rings. The molecule has 0 aliphatic heterocycles. The molecule has 4 heteroatoms. The first kappa shape index (κ1) is 16.3. The number of nitrogens with one attached hydrogen (secondary N) is 2. The predicted octanol–water partition coefficient (Wildman–Crippen LogP) is 4.55. The maximum atomic E-state index is 4.55. The van der Waals surface area contributed by atoms with Gasteiger partial charge in [-0.3, -0.25) is 0 Å². The van der Waals surface area contributed by atoms with Crippen LogP contribution in [0.1, 0.15) is 38.3 Å². The first-order chi connectivity index (χ1) is 10.6. The third kappa shape index (κ3) is 4.45. The molecule has 1 aromatic heterocycles. The van der Waals surface area contributed by atoms with Gasteiger partial charge in [-0.2, -0.15) is 4.98 Å². The topological polar surface area (TPSA) is 49.8 Å². The van der Waals surface area contributed by atoms with E-state index in [0.717, 1.165) is 30.9 Å². The minimum atomic E-state index is 0.638. The van der Waals surface area contributed by atoms with Crippen molar-refractivity contribution in [3.63, 3.8) is 0 Å². The van der Waals surface area contributed by atoms with Gasteiger partial charge in [0.25, 0.3) is 0 Å². The molecule has 0 bridgehead atoms. The molecule has 0 aliphatic carbocycles. The molecule has 2 N–H and O–H groups in total. The first-order valence-corrected chi connectivity index (χ1v) is 8.02. The summed E-state index contributed by atoms with van der Waals surface area (Å²) in [4.78, 5) is 8.88. The average Bonchev–Trinajstić information content (AvgIpc) is 2.49. The van der Waals surface area contributed by atoms with Crippen molar-refractivity contribution in [2.45, 2.75) is 40.5 Å². The molecule has 4 nitrogen and oxygen atoms in total. The van der Waals surface area contributed by atoms with Crippen LogP contribution in [-0.4, -0.2) is 16.5 Å². The monoisotopic (exact) mass is 298 g/mol. The van der Waals surface area contributed by atoms with Crippen molar-refractivity contribution in [1.29, 1.82) is 0 Å². The molecule has 0 saturated carbocycles. The quantitative estimate of drug-likeness (QED) is 0.787. The third-order valence-electron chi connectivity index (χ3n) is 3.66. The molecular weight excluding hydrogens is 272 g/mol. The number of para-hydroxylation sites is 1. The Morgan fingerprint density at radius 2 is 2.00 bits per heavy atom. The van der Waals surface area contributed by atoms with Gasteiger partial charge < -0.3 is 10.6 Å². The van der Waals surface area contributed by atoms with Crippen molar-refractivity contribution in [3.8, 4) is 0 Å². The molecule has 22 heavy (non-hydrogen) atoms. The second-order valence-corrected chi connectivity index (χ2v) is 5.96. The van der Waals surface area contributed by atoms with Crippen LogP contribution in [0.2, 0.25) is 0 Å². The van der Waals surface area contributed by atoms with Gasteiger partial charge in [0.05, 0.1) is 0 Å². The fourth-order valence-corrected chi connectivity index (χ4v) is 2.32. The molecule has 0 saturated heterocycles. The van der Waals surface area contributed by atoms with Crippen LogP contribution in [0.4, 0.5) is 17.5 Å². The van der Waals surface area contributed by atoms with Crippen LogP contribution in [0.5, 0.6) is 0 Å². The summed E-state index contributed by atoms with van der Waals surface area (Å²) < 4.78 is 0. The Morgan fingerprint density at radius 1 is 1.18 bits per heavy atom. The standard InChI is InChI=1S/C18H26N4/c1-5-15-8-6-7-14(4)17(15)22-18-20-12-10-16(21-18)19-11-9-13(2)3/h6-8,10,12-13H,5,9,11H2,1-4H3,(H2,19,20,21,22). The summed E-state index contributed by atoms with van der Waals surface area (Å²) in [5, 5.41) is 6.72. The van der Waals surface area contributed by atoms with E-state index in [2.05, 4.69) is 66.5 Å². The number of benzene rings is 1. The van der Waals surface area contributed by atoms with E-state index in [0.29, 0.717) is 11.9 Å². The van der Waals surface area contributed by atoms with E-state index >= 15 is 0 Å². The Balaban J connectivity index is 2.10. The molecule has 0 aliphatic rings. The van der Waals surface area contributed by atoms with Gasteiger partial charge in [0.15, 0.2) is 0 Å². The minimum absolute atomic E-state index is 0.638. The van der Waals surface area contributed by atoms with Gasteiger partial charge >= 0.3 is 0 Å². The van der Waals surface area contributed by atoms with Gasteiger partial charge in [-0.25, -0.2) is 4.98 Å². The maximum Gasteiger partial charge on any atom is 0.229 e. The smallest absolute Gasteiger partial charge is 0.229 e. The maximum absolute atomic E-state index is 4.55. The number of aromatic nitrogens is 2. The van der Waals surface area contributed by atoms with E-state index in [1.165, 1.54) is 11.1 Å². The van der Waals surface area contributed by atoms with Gasteiger partial charge in [-0.1, -0.05) is 39.0 Å². The fourth-order valence-electron chi connectivity index (χ4n) is 2.32. The molecular formula is C18H26N4. The van der Waals surface area contributed by atoms with E-state index < -0.39 is 0 Å². The van der Waals surface area contributed by atoms with Crippen molar-refractivity contribution < 1.29 is 0 Å². The zero-order valence-electron chi connectivity index (χ0n) is 14.0. The Morgan fingerprint density at radius 3 is 2.73 bits per heavy atom. The Bertz CT molecular complexity index is 608. The second kappa shape index (κ2) is 7.78. The number of rotatable bonds is 7. The summed E-state index contributed by atoms with van der Waals surface area (Å²) in [6.45, 7) is 9.63. The van der Waals surface area contributed by atoms with Crippen molar-refractivity contribution in [2.24, 2.45) is 5.92 Å². The van der Waals surface area contributed by atoms with E-state index in [1.54, 1.807) is 6.20 Å². The molecule has 0 radical (unpaired) electrons. The number of nitrogens with zero attached hydrogens (tertiary/aromatic N) is 2. The highest BCUT2D eigenvalue weighted by Crippen LogP contribution is 2.24. The van der Waals surface area contributed by atoms with Crippen LogP contribution in [0, 0.1) is 12.8 Å². The lowest BCUT2D eigenvalue weighted by molar-refractivity contribution is 0.606. The fraction of sp³-hybridized carbons (Fsp3) is 0.444. The molecule has 2 aromatic rings. The van der Waals surface area contributed by atoms with Crippen molar-refractivity contribution in [3.05, 3.63) is 41.6 Å². The lowest BCUT2D eigenvalue weighted by Gasteiger charge is -2.13. The largest absolute Gasteiger partial charge is 0.370 e. The summed E-state index contributed by atoms with van der Waals surface area (Å²) in [6.07, 6.45) is 3.90. The molecule has 0 amide bonds. The van der Waals surface area contributed by atoms with Gasteiger partial charge in [0.2, 0.25) is 5.95 Å². The highest BCUT2D eigenvalue weighted by molar-refractivity contribution is 5.63. The van der Waals surface area contributed by atoms with Crippen LogP contribution < -0.4 is 10.6 Å². The minimum Gasteiger partial charge on any atom is -0.370 e. The summed E-state index contributed by atoms with van der Waals surface area (Å²) >= 11 is 0. The van der Waals surface area contributed by atoms with Gasteiger partial charge in [-0.05, 0) is 42.9 Å². The van der Waals surface area contributed by atoms with Gasteiger partial charge in [0, 0.05) is 18.4 Å². The number of anilines is 3. The molecule has 0 spiro atoms. The SMILES string of the molecule is CCc1cccc(C)c1Nc1nccc(NCCC(C)C)n1. The third-order valence-corrected chi connectivity index (χ3v) is 3.66. The van der Waals surface area contributed by atoms with Gasteiger partial charge in [-0.15, -0.1) is 0 Å². The second-order valence-electron chi connectivity index (χ2n) is 5.96. The van der Waals surface area contributed by atoms with Crippen LogP contribution in [0.15, 0.2) is 30.5 Å². The molecule has 0 unspecified atom stereocenters. The molecule has 118 valence electrons. The van der Waals surface area contributed by atoms with Crippen molar-refractivity contribution >= 4 is 17.5 Å². The first-order valence-electron chi connectivity index (χ1n) is 8.02. The molecule has 1 aromatic carbocycles. The normalized spacial score (nSPS) is 10.8. The van der Waals surface area contributed by atoms with E-state index in [1.807, 2.05) is 6.07 Å². The zero-order chi connectivity index (χ0) is 15.9. The summed E-state index contributed by atoms with van der Waals surface area (Å²) in [7, 11) is 0. The lowest BCUT2D eigenvalue weighted by Crippen LogP contribution is -2.08. The highest BCUT2D eigenvalue weighted by Gasteiger charge is 2.06. The number of aryl methyl sites for hydroxylation is 2. The van der Waals surface area contributed by atoms with E-state index in [4.69, 9.17) is 0 Å². The van der Waals surface area contributed by atoms with Crippen molar-refractivity contribution in [1.82, 2.24) is 9.97 Å². The molecule has 2 rings (SSSR count). The van der Waals surface area contributed by atoms with Crippen LogP contribution in [-0.2, 0) is 6.42 Å².